The summed E-state index contributed by atoms with van der Waals surface area (Å²) in [5, 5.41) is 18.9. The molecule has 0 fully saturated rings. The van der Waals surface area contributed by atoms with E-state index in [4.69, 9.17) is 19.2 Å². The van der Waals surface area contributed by atoms with Crippen LogP contribution < -0.4 is 9.64 Å². The van der Waals surface area contributed by atoms with Gasteiger partial charge >= 0.3 is 0 Å². The van der Waals surface area contributed by atoms with E-state index in [2.05, 4.69) is 40.6 Å². The fourth-order valence-corrected chi connectivity index (χ4v) is 5.11. The van der Waals surface area contributed by atoms with Gasteiger partial charge in [-0.25, -0.2) is 9.97 Å². The van der Waals surface area contributed by atoms with Crippen molar-refractivity contribution in [2.24, 2.45) is 0 Å². The monoisotopic (exact) mass is 516 g/mol. The van der Waals surface area contributed by atoms with E-state index < -0.39 is 6.10 Å². The van der Waals surface area contributed by atoms with Crippen LogP contribution >= 0.6 is 0 Å². The zero-order valence-electron chi connectivity index (χ0n) is 23.0. The Morgan fingerprint density at radius 2 is 1.95 bits per heavy atom. The number of aromatic nitrogens is 5. The Morgan fingerprint density at radius 1 is 1.13 bits per heavy atom. The lowest BCUT2D eigenvalue weighted by molar-refractivity contribution is 0.0994. The van der Waals surface area contributed by atoms with Gasteiger partial charge in [0.05, 0.1) is 41.5 Å². The van der Waals surface area contributed by atoms with Crippen molar-refractivity contribution < 1.29 is 14.4 Å². The average Bonchev–Trinajstić information content (AvgIpc) is 3.58. The zero-order valence-corrected chi connectivity index (χ0v) is 23.0. The van der Waals surface area contributed by atoms with E-state index >= 15 is 0 Å². The number of aryl methyl sites for hydroxylation is 2. The number of nitrogens with zero attached hydrogens (tertiary/aromatic N) is 6. The second kappa shape index (κ2) is 10.6. The Hall–Kier alpha value is -3.72. The second-order valence-electron chi connectivity index (χ2n) is 10.3. The molecular weight excluding hydrogens is 480 g/mol. The molecule has 38 heavy (non-hydrogen) atoms. The molecule has 0 radical (unpaired) electrons. The fraction of sp³-hybridized carbons (Fsp3) is 0.448. The smallest absolute Gasteiger partial charge is 0.162 e. The van der Waals surface area contributed by atoms with Gasteiger partial charge in [-0.1, -0.05) is 30.6 Å². The van der Waals surface area contributed by atoms with Crippen LogP contribution in [0.15, 0.2) is 35.0 Å². The zero-order chi connectivity index (χ0) is 27.0. The third kappa shape index (κ3) is 4.90. The summed E-state index contributed by atoms with van der Waals surface area (Å²) in [7, 11) is 0. The number of anilines is 1. The number of rotatable bonds is 9. The van der Waals surface area contributed by atoms with E-state index in [1.165, 1.54) is 11.3 Å². The Kier molecular flexibility index (Phi) is 7.21. The molecule has 9 nitrogen and oxygen atoms in total. The number of hydrogen-bond acceptors (Lipinski definition) is 8. The lowest BCUT2D eigenvalue weighted by Crippen LogP contribution is -2.21. The van der Waals surface area contributed by atoms with E-state index in [1.54, 1.807) is 0 Å². The van der Waals surface area contributed by atoms with Gasteiger partial charge in [-0.15, -0.1) is 0 Å². The minimum absolute atomic E-state index is 0.251. The highest BCUT2D eigenvalue weighted by Crippen LogP contribution is 2.37. The topological polar surface area (TPSA) is 102 Å². The third-order valence-corrected chi connectivity index (χ3v) is 7.02. The Bertz CT molecular complexity index is 1420. The molecule has 4 heterocycles. The SMILES string of the molecule is CCC[C@@H](O)COc1cccc(-c2nc(-c3c(C)noc3C)c(C)c(N3Cc4cnn(C(C)C)c4C3)n2)c1. The molecule has 200 valence electrons. The number of benzene rings is 1. The van der Waals surface area contributed by atoms with Crippen LogP contribution in [0.3, 0.4) is 0 Å². The maximum absolute atomic E-state index is 10.1. The normalized spacial score (nSPS) is 13.8. The van der Waals surface area contributed by atoms with Crippen molar-refractivity contribution >= 4 is 5.82 Å². The highest BCUT2D eigenvalue weighted by molar-refractivity contribution is 5.75. The summed E-state index contributed by atoms with van der Waals surface area (Å²) < 4.78 is 13.5. The molecule has 0 spiro atoms. The molecule has 4 aromatic rings. The van der Waals surface area contributed by atoms with E-state index in [0.29, 0.717) is 18.0 Å². The summed E-state index contributed by atoms with van der Waals surface area (Å²) in [6, 6.07) is 8.02. The van der Waals surface area contributed by atoms with Crippen molar-refractivity contribution in [3.63, 3.8) is 0 Å². The van der Waals surface area contributed by atoms with E-state index in [1.807, 2.05) is 51.2 Å². The first-order valence-corrected chi connectivity index (χ1v) is 13.3. The summed E-state index contributed by atoms with van der Waals surface area (Å²) in [6.45, 7) is 14.0. The first kappa shape index (κ1) is 25.9. The quantitative estimate of drug-likeness (QED) is 0.308. The first-order chi connectivity index (χ1) is 18.3. The maximum Gasteiger partial charge on any atom is 0.162 e. The molecule has 1 atom stereocenters. The average molecular weight is 517 g/mol. The first-order valence-electron chi connectivity index (χ1n) is 13.3. The van der Waals surface area contributed by atoms with Crippen LogP contribution in [0, 0.1) is 20.8 Å². The Labute approximate surface area is 223 Å². The van der Waals surface area contributed by atoms with Crippen LogP contribution in [0.2, 0.25) is 0 Å². The minimum Gasteiger partial charge on any atom is -0.491 e. The van der Waals surface area contributed by atoms with Crippen LogP contribution in [0.4, 0.5) is 5.82 Å². The largest absolute Gasteiger partial charge is 0.491 e. The molecule has 0 bridgehead atoms. The second-order valence-corrected chi connectivity index (χ2v) is 10.3. The highest BCUT2D eigenvalue weighted by atomic mass is 16.5. The third-order valence-electron chi connectivity index (χ3n) is 7.02. The van der Waals surface area contributed by atoms with Crippen molar-refractivity contribution in [2.45, 2.75) is 79.6 Å². The molecule has 1 aromatic carbocycles. The molecular formula is C29H36N6O3. The Morgan fingerprint density at radius 3 is 2.66 bits per heavy atom. The fourth-order valence-electron chi connectivity index (χ4n) is 5.11. The molecule has 0 amide bonds. The van der Waals surface area contributed by atoms with Gasteiger partial charge < -0.3 is 19.3 Å². The van der Waals surface area contributed by atoms with Crippen LogP contribution in [0.1, 0.15) is 67.9 Å². The van der Waals surface area contributed by atoms with Crippen LogP contribution in [0.25, 0.3) is 22.6 Å². The summed E-state index contributed by atoms with van der Waals surface area (Å²) >= 11 is 0. The van der Waals surface area contributed by atoms with Gasteiger partial charge in [0, 0.05) is 29.3 Å². The summed E-state index contributed by atoms with van der Waals surface area (Å²) in [5.74, 6) is 2.87. The predicted octanol–water partition coefficient (Wildman–Crippen LogP) is 5.56. The van der Waals surface area contributed by atoms with Crippen molar-refractivity contribution in [2.75, 3.05) is 11.5 Å². The number of aliphatic hydroxyl groups is 1. The molecule has 1 aliphatic heterocycles. The lowest BCUT2D eigenvalue weighted by Gasteiger charge is -2.22. The number of aliphatic hydroxyl groups excluding tert-OH is 1. The molecule has 1 N–H and O–H groups in total. The van der Waals surface area contributed by atoms with Gasteiger partial charge in [-0.3, -0.25) is 4.68 Å². The van der Waals surface area contributed by atoms with Gasteiger partial charge in [0.25, 0.3) is 0 Å². The molecule has 0 saturated heterocycles. The van der Waals surface area contributed by atoms with E-state index in [0.717, 1.165) is 59.2 Å². The Balaban J connectivity index is 1.56. The number of fused-ring (bicyclic) bond motifs is 1. The maximum atomic E-state index is 10.1. The lowest BCUT2D eigenvalue weighted by atomic mass is 10.0. The predicted molar refractivity (Wildman–Crippen MR) is 146 cm³/mol. The van der Waals surface area contributed by atoms with Gasteiger partial charge in [-0.2, -0.15) is 5.10 Å². The molecule has 3 aromatic heterocycles. The molecule has 0 unspecified atom stereocenters. The molecule has 1 aliphatic rings. The molecule has 0 saturated carbocycles. The number of ether oxygens (including phenoxy) is 1. The molecule has 5 rings (SSSR count). The van der Waals surface area contributed by atoms with E-state index in [9.17, 15) is 5.11 Å². The van der Waals surface area contributed by atoms with Gasteiger partial charge in [0.2, 0.25) is 0 Å². The van der Waals surface area contributed by atoms with E-state index in [-0.39, 0.29) is 12.6 Å². The van der Waals surface area contributed by atoms with Crippen molar-refractivity contribution in [1.29, 1.82) is 0 Å². The highest BCUT2D eigenvalue weighted by Gasteiger charge is 2.29. The van der Waals surface area contributed by atoms with Crippen LogP contribution in [-0.4, -0.2) is 42.7 Å². The summed E-state index contributed by atoms with van der Waals surface area (Å²) in [4.78, 5) is 12.4. The van der Waals surface area contributed by atoms with Crippen LogP contribution in [-0.2, 0) is 13.1 Å². The van der Waals surface area contributed by atoms with Crippen molar-refractivity contribution in [1.82, 2.24) is 24.9 Å². The summed E-state index contributed by atoms with van der Waals surface area (Å²) in [6.07, 6.45) is 3.09. The van der Waals surface area contributed by atoms with Crippen molar-refractivity contribution in [3.05, 3.63) is 58.7 Å². The number of hydrogen-bond donors (Lipinski definition) is 1. The molecule has 9 heteroatoms. The van der Waals surface area contributed by atoms with Gasteiger partial charge in [0.15, 0.2) is 5.82 Å². The summed E-state index contributed by atoms with van der Waals surface area (Å²) in [5.41, 5.74) is 6.76. The van der Waals surface area contributed by atoms with Crippen LogP contribution in [0.5, 0.6) is 5.75 Å². The minimum atomic E-state index is -0.490. The van der Waals surface area contributed by atoms with Crippen molar-refractivity contribution in [3.8, 4) is 28.4 Å². The van der Waals surface area contributed by atoms with Gasteiger partial charge in [0.1, 0.15) is 23.9 Å². The molecule has 0 aliphatic carbocycles. The van der Waals surface area contributed by atoms with Gasteiger partial charge in [-0.05, 0) is 53.2 Å². The standard InChI is InChI=1S/C29H36N6O3/c1-7-9-23(36)16-37-24-11-8-10-21(12-24)28-31-27(26-19(5)33-38-20(26)6)18(4)29(32-28)34-14-22-13-30-35(17(2)3)25(22)15-34/h8,10-13,17,23,36H,7,9,14-16H2,1-6H3/t23-/m1/s1.